The van der Waals surface area contributed by atoms with Crippen LogP contribution < -0.4 is 15.6 Å². The molecule has 0 spiro atoms. The highest BCUT2D eigenvalue weighted by molar-refractivity contribution is 9.10. The van der Waals surface area contributed by atoms with Gasteiger partial charge < -0.3 is 14.6 Å². The van der Waals surface area contributed by atoms with Crippen molar-refractivity contribution >= 4 is 27.7 Å². The maximum atomic E-state index is 14.5. The molecule has 5 aromatic carbocycles. The van der Waals surface area contributed by atoms with Crippen LogP contribution in [0.3, 0.4) is 0 Å². The lowest BCUT2D eigenvalue weighted by Crippen LogP contribution is -2.54. The monoisotopic (exact) mass is 721 g/mol. The largest absolute Gasteiger partial charge is 0.494 e. The molecule has 1 heterocycles. The highest BCUT2D eigenvalue weighted by atomic mass is 79.9. The molecular weight excluding hydrogens is 685 g/mol. The molecule has 7 nitrogen and oxygen atoms in total. The summed E-state index contributed by atoms with van der Waals surface area (Å²) in [7, 11) is 0. The van der Waals surface area contributed by atoms with E-state index in [0.717, 1.165) is 32.3 Å². The summed E-state index contributed by atoms with van der Waals surface area (Å²) in [6, 6.07) is 39.7. The molecule has 0 saturated heterocycles. The van der Waals surface area contributed by atoms with Crippen molar-refractivity contribution in [3.05, 3.63) is 160 Å². The van der Waals surface area contributed by atoms with Crippen molar-refractivity contribution < 1.29 is 23.8 Å². The molecule has 9 heteroatoms. The van der Waals surface area contributed by atoms with Crippen molar-refractivity contribution in [3.63, 3.8) is 0 Å². The number of rotatable bonds is 14. The number of benzene rings is 5. The normalized spacial score (nSPS) is 16.9. The number of amides is 1. The van der Waals surface area contributed by atoms with E-state index in [1.165, 1.54) is 12.1 Å². The zero-order valence-electron chi connectivity index (χ0n) is 26.8. The number of nitrogens with one attached hydrogen (secondary N) is 2. The lowest BCUT2D eigenvalue weighted by Gasteiger charge is -2.31. The second kappa shape index (κ2) is 16.0. The van der Waals surface area contributed by atoms with Crippen LogP contribution in [0, 0.1) is 5.82 Å². The third-order valence-corrected chi connectivity index (χ3v) is 9.17. The van der Waals surface area contributed by atoms with E-state index in [2.05, 4.69) is 38.9 Å². The second-order valence-electron chi connectivity index (χ2n) is 11.8. The maximum Gasteiger partial charge on any atom is 0.266 e. The van der Waals surface area contributed by atoms with Crippen LogP contribution >= 0.6 is 15.9 Å². The van der Waals surface area contributed by atoms with E-state index in [1.807, 2.05) is 97.1 Å². The fourth-order valence-corrected chi connectivity index (χ4v) is 6.27. The van der Waals surface area contributed by atoms with Crippen LogP contribution in [-0.2, 0) is 22.4 Å². The summed E-state index contributed by atoms with van der Waals surface area (Å²) in [5, 5.41) is 9.10. The summed E-state index contributed by atoms with van der Waals surface area (Å²) in [5.74, 6) is 0.327. The van der Waals surface area contributed by atoms with Crippen LogP contribution in [0.25, 0.3) is 11.1 Å². The Balaban J connectivity index is 1.35. The van der Waals surface area contributed by atoms with Gasteiger partial charge in [0.1, 0.15) is 11.6 Å². The summed E-state index contributed by atoms with van der Waals surface area (Å²) in [6.07, 6.45) is 0.510. The minimum atomic E-state index is -1.41. The Bertz CT molecular complexity index is 1890. The van der Waals surface area contributed by atoms with Gasteiger partial charge in [0, 0.05) is 36.0 Å². The third-order valence-electron chi connectivity index (χ3n) is 8.40. The van der Waals surface area contributed by atoms with E-state index in [-0.39, 0.29) is 24.8 Å². The van der Waals surface area contributed by atoms with E-state index in [0.29, 0.717) is 43.2 Å². The molecule has 5 aromatic rings. The molecule has 0 saturated carbocycles. The first-order chi connectivity index (χ1) is 23.9. The van der Waals surface area contributed by atoms with Crippen molar-refractivity contribution in [2.75, 3.05) is 19.8 Å². The predicted molar refractivity (Wildman–Crippen MR) is 193 cm³/mol. The van der Waals surface area contributed by atoms with E-state index in [9.17, 15) is 9.18 Å². The quantitative estimate of drug-likeness (QED) is 0.0823. The minimum Gasteiger partial charge on any atom is -0.494 e. The molecule has 0 unspecified atom stereocenters. The average molecular weight is 723 g/mol. The van der Waals surface area contributed by atoms with Crippen LogP contribution in [0.4, 0.5) is 4.39 Å². The molecule has 1 amide bonds. The number of aliphatic imine (C=N–C) groups is 1. The van der Waals surface area contributed by atoms with E-state index >= 15 is 0 Å². The number of nitrogens with zero attached hydrogens (tertiary/aromatic N) is 1. The number of carbonyl (C=O) groups is 1. The fourth-order valence-electron chi connectivity index (χ4n) is 5.85. The Morgan fingerprint density at radius 2 is 1.59 bits per heavy atom. The highest BCUT2D eigenvalue weighted by Gasteiger charge is 2.53. The topological polar surface area (TPSA) is 92.2 Å². The molecule has 0 radical (unpaired) electrons. The molecule has 0 bridgehead atoms. The third kappa shape index (κ3) is 8.25. The summed E-state index contributed by atoms with van der Waals surface area (Å²) in [5.41, 5.74) is 9.88. The van der Waals surface area contributed by atoms with Gasteiger partial charge in [0.25, 0.3) is 5.91 Å². The molecule has 0 aromatic heterocycles. The number of ether oxygens (including phenoxy) is 2. The number of halogens is 2. The molecule has 1 aliphatic rings. The van der Waals surface area contributed by atoms with Gasteiger partial charge in [0.2, 0.25) is 5.90 Å². The smallest absolute Gasteiger partial charge is 0.266 e. The zero-order valence-corrected chi connectivity index (χ0v) is 28.4. The van der Waals surface area contributed by atoms with Crippen molar-refractivity contribution in [3.8, 4) is 16.9 Å². The van der Waals surface area contributed by atoms with Gasteiger partial charge in [-0.3, -0.25) is 10.2 Å². The van der Waals surface area contributed by atoms with Crippen molar-refractivity contribution in [2.45, 2.75) is 30.9 Å². The Labute approximate surface area is 293 Å². The first-order valence-corrected chi connectivity index (χ1v) is 17.0. The van der Waals surface area contributed by atoms with Crippen molar-refractivity contribution in [1.82, 2.24) is 10.9 Å². The molecule has 0 fully saturated rings. The lowest BCUT2D eigenvalue weighted by atomic mass is 9.82. The Morgan fingerprint density at radius 1 is 0.878 bits per heavy atom. The first-order valence-electron chi connectivity index (χ1n) is 16.2. The molecular formula is C40H37BrFN3O4. The molecule has 1 aliphatic heterocycles. The number of hydrogen-bond donors (Lipinski definition) is 3. The molecule has 2 atom stereocenters. The Morgan fingerprint density at radius 3 is 2.33 bits per heavy atom. The number of hydrazine groups is 1. The van der Waals surface area contributed by atoms with Crippen LogP contribution in [0.2, 0.25) is 0 Å². The van der Waals surface area contributed by atoms with Gasteiger partial charge in [-0.05, 0) is 76.7 Å². The molecule has 3 N–H and O–H groups in total. The fraction of sp³-hybridized carbons (Fsp3) is 0.200. The summed E-state index contributed by atoms with van der Waals surface area (Å²) >= 11 is 3.68. The lowest BCUT2D eigenvalue weighted by molar-refractivity contribution is -0.130. The maximum absolute atomic E-state index is 14.5. The van der Waals surface area contributed by atoms with Gasteiger partial charge >= 0.3 is 0 Å². The Kier molecular flexibility index (Phi) is 11.1. The SMILES string of the molecule is O=C(NNCCc1cccc(F)c1)[C@@]1(Cc2ccccc2Br)N=C(c2ccc(OCCCO)cc2)O[C@H]1c1ccc(-c2ccccc2)cc1. The average Bonchev–Trinajstić information content (AvgIpc) is 3.52. The Hall–Kier alpha value is -4.83. The van der Waals surface area contributed by atoms with E-state index < -0.39 is 11.6 Å². The molecule has 250 valence electrons. The van der Waals surface area contributed by atoms with Gasteiger partial charge in [0.15, 0.2) is 11.6 Å². The van der Waals surface area contributed by atoms with E-state index in [1.54, 1.807) is 6.07 Å². The first kappa shape index (κ1) is 34.0. The summed E-state index contributed by atoms with van der Waals surface area (Å²) in [4.78, 5) is 19.6. The van der Waals surface area contributed by atoms with Crippen LogP contribution in [0.1, 0.15) is 34.8 Å². The number of hydrogen-bond acceptors (Lipinski definition) is 6. The van der Waals surface area contributed by atoms with Crippen molar-refractivity contribution in [2.24, 2.45) is 4.99 Å². The summed E-state index contributed by atoms with van der Waals surface area (Å²) < 4.78 is 27.0. The molecule has 6 rings (SSSR count). The zero-order chi connectivity index (χ0) is 34.1. The van der Waals surface area contributed by atoms with Gasteiger partial charge in [-0.1, -0.05) is 101 Å². The van der Waals surface area contributed by atoms with Gasteiger partial charge in [-0.15, -0.1) is 0 Å². The second-order valence-corrected chi connectivity index (χ2v) is 12.7. The summed E-state index contributed by atoms with van der Waals surface area (Å²) in [6.45, 7) is 0.833. The van der Waals surface area contributed by atoms with Crippen LogP contribution in [0.5, 0.6) is 5.75 Å². The highest BCUT2D eigenvalue weighted by Crippen LogP contribution is 2.43. The van der Waals surface area contributed by atoms with Crippen molar-refractivity contribution in [1.29, 1.82) is 0 Å². The molecule has 49 heavy (non-hydrogen) atoms. The van der Waals surface area contributed by atoms with Crippen LogP contribution in [0.15, 0.2) is 137 Å². The number of aliphatic hydroxyl groups excluding tert-OH is 1. The standard InChI is InChI=1S/C40H37BrFN3O4/c41-36-13-5-4-11-33(36)27-40(39(47)45-43-23-22-28-8-6-12-34(42)26-28)37(31-16-14-30(15-17-31)29-9-2-1-3-10-29)49-38(44-40)32-18-20-35(21-19-32)48-25-7-24-46/h1-6,8-21,26,37,43,46H,7,22-25,27H2,(H,45,47)/t37-,40-/m0/s1. The number of aliphatic hydroxyl groups is 1. The predicted octanol–water partition coefficient (Wildman–Crippen LogP) is 7.38. The van der Waals surface area contributed by atoms with Gasteiger partial charge in [0.05, 0.1) is 6.61 Å². The minimum absolute atomic E-state index is 0.0534. The molecule has 0 aliphatic carbocycles. The number of carbonyl (C=O) groups excluding carboxylic acids is 1. The van der Waals surface area contributed by atoms with E-state index in [4.69, 9.17) is 19.6 Å². The van der Waals surface area contributed by atoms with Crippen LogP contribution in [-0.4, -0.2) is 42.2 Å². The van der Waals surface area contributed by atoms with Gasteiger partial charge in [-0.2, -0.15) is 0 Å². The van der Waals surface area contributed by atoms with Gasteiger partial charge in [-0.25, -0.2) is 14.8 Å².